The third-order valence-electron chi connectivity index (χ3n) is 2.78. The Morgan fingerprint density at radius 2 is 2.21 bits per heavy atom. The van der Waals surface area contributed by atoms with E-state index in [9.17, 15) is 15.2 Å². The molecule has 2 rings (SSSR count). The Morgan fingerprint density at radius 3 is 2.84 bits per heavy atom. The van der Waals surface area contributed by atoms with E-state index >= 15 is 0 Å². The van der Waals surface area contributed by atoms with E-state index in [1.54, 1.807) is 24.3 Å². The molecule has 0 bridgehead atoms. The molecule has 0 saturated heterocycles. The van der Waals surface area contributed by atoms with E-state index in [2.05, 4.69) is 5.32 Å². The molecule has 0 amide bonds. The fraction of sp³-hybridized carbons (Fsp3) is 0.231. The molecule has 1 aromatic carbocycles. The molecule has 6 nitrogen and oxygen atoms in total. The predicted molar refractivity (Wildman–Crippen MR) is 68.7 cm³/mol. The summed E-state index contributed by atoms with van der Waals surface area (Å²) in [6, 6.07) is 9.82. The molecule has 6 heteroatoms. The van der Waals surface area contributed by atoms with Gasteiger partial charge in [0.15, 0.2) is 0 Å². The molecule has 0 aliphatic carbocycles. The van der Waals surface area contributed by atoms with Gasteiger partial charge in [-0.05, 0) is 30.7 Å². The Hall–Kier alpha value is -2.34. The summed E-state index contributed by atoms with van der Waals surface area (Å²) in [5, 5.41) is 23.0. The zero-order valence-corrected chi connectivity index (χ0v) is 10.4. The Balaban J connectivity index is 1.96. The lowest BCUT2D eigenvalue weighted by Crippen LogP contribution is -2.17. The molecule has 1 heterocycles. The van der Waals surface area contributed by atoms with Gasteiger partial charge < -0.3 is 14.8 Å². The topological polar surface area (TPSA) is 88.5 Å². The van der Waals surface area contributed by atoms with Gasteiger partial charge in [0.1, 0.15) is 16.4 Å². The van der Waals surface area contributed by atoms with Crippen molar-refractivity contribution in [2.75, 3.05) is 0 Å². The number of furan rings is 1. The summed E-state index contributed by atoms with van der Waals surface area (Å²) in [5.41, 5.74) is 0.932. The van der Waals surface area contributed by atoms with E-state index in [1.165, 1.54) is 6.07 Å². The molecule has 0 fully saturated rings. The van der Waals surface area contributed by atoms with Gasteiger partial charge in [-0.2, -0.15) is 0 Å². The number of hydrogen-bond donors (Lipinski definition) is 2. The van der Waals surface area contributed by atoms with Crippen LogP contribution in [0.15, 0.2) is 40.8 Å². The maximum atomic E-state index is 10.5. The van der Waals surface area contributed by atoms with Crippen molar-refractivity contribution in [1.29, 1.82) is 0 Å². The molecule has 19 heavy (non-hydrogen) atoms. The number of nitrogens with one attached hydrogen (secondary N) is 1. The van der Waals surface area contributed by atoms with Crippen LogP contribution in [0.4, 0.5) is 5.88 Å². The molecule has 1 atom stereocenters. The molecule has 2 N–H and O–H groups in total. The summed E-state index contributed by atoms with van der Waals surface area (Å²) >= 11 is 0. The van der Waals surface area contributed by atoms with Crippen LogP contribution in [0.1, 0.15) is 24.3 Å². The van der Waals surface area contributed by atoms with Gasteiger partial charge in [-0.3, -0.25) is 10.1 Å². The van der Waals surface area contributed by atoms with Crippen molar-refractivity contribution in [3.8, 4) is 5.75 Å². The van der Waals surface area contributed by atoms with Gasteiger partial charge in [-0.1, -0.05) is 12.1 Å². The lowest BCUT2D eigenvalue weighted by atomic mass is 10.1. The third kappa shape index (κ3) is 3.32. The number of nitrogens with zero attached hydrogens (tertiary/aromatic N) is 1. The van der Waals surface area contributed by atoms with Crippen LogP contribution in [0.5, 0.6) is 5.75 Å². The highest BCUT2D eigenvalue weighted by atomic mass is 16.6. The molecular weight excluding hydrogens is 248 g/mol. The van der Waals surface area contributed by atoms with Crippen LogP contribution in [0.2, 0.25) is 0 Å². The highest BCUT2D eigenvalue weighted by molar-refractivity contribution is 5.29. The average Bonchev–Trinajstić information content (AvgIpc) is 2.85. The zero-order chi connectivity index (χ0) is 13.8. The standard InChI is InChI=1S/C13H14N2O4/c1-9(10-3-2-4-11(16)7-10)14-8-12-5-6-13(19-12)15(17)18/h2-7,9,14,16H,8H2,1H3. The molecule has 0 aliphatic rings. The van der Waals surface area contributed by atoms with Crippen molar-refractivity contribution in [1.82, 2.24) is 5.32 Å². The van der Waals surface area contributed by atoms with Gasteiger partial charge in [-0.25, -0.2) is 0 Å². The van der Waals surface area contributed by atoms with Crippen LogP contribution in [0.3, 0.4) is 0 Å². The van der Waals surface area contributed by atoms with Crippen LogP contribution < -0.4 is 5.32 Å². The Labute approximate surface area is 109 Å². The lowest BCUT2D eigenvalue weighted by Gasteiger charge is -2.13. The van der Waals surface area contributed by atoms with E-state index in [-0.39, 0.29) is 17.7 Å². The van der Waals surface area contributed by atoms with Crippen molar-refractivity contribution in [3.63, 3.8) is 0 Å². The minimum Gasteiger partial charge on any atom is -0.508 e. The first-order valence-electron chi connectivity index (χ1n) is 5.81. The minimum atomic E-state index is -0.567. The molecule has 0 spiro atoms. The van der Waals surface area contributed by atoms with Crippen molar-refractivity contribution in [2.45, 2.75) is 19.5 Å². The van der Waals surface area contributed by atoms with Crippen LogP contribution >= 0.6 is 0 Å². The first-order chi connectivity index (χ1) is 9.06. The number of rotatable bonds is 5. The Kier molecular flexibility index (Phi) is 3.82. The minimum absolute atomic E-state index is 0.00347. The summed E-state index contributed by atoms with van der Waals surface area (Å²) in [6.07, 6.45) is 0. The Bertz CT molecular complexity index is 580. The smallest absolute Gasteiger partial charge is 0.433 e. The van der Waals surface area contributed by atoms with E-state index in [0.29, 0.717) is 12.3 Å². The van der Waals surface area contributed by atoms with E-state index in [1.807, 2.05) is 13.0 Å². The normalized spacial score (nSPS) is 12.3. The van der Waals surface area contributed by atoms with E-state index in [4.69, 9.17) is 4.42 Å². The van der Waals surface area contributed by atoms with Crippen molar-refractivity contribution in [2.24, 2.45) is 0 Å². The highest BCUT2D eigenvalue weighted by Crippen LogP contribution is 2.19. The predicted octanol–water partition coefficient (Wildman–Crippen LogP) is 2.74. The summed E-state index contributed by atoms with van der Waals surface area (Å²) in [6.45, 7) is 2.32. The molecule has 1 unspecified atom stereocenters. The quantitative estimate of drug-likeness (QED) is 0.639. The second-order valence-electron chi connectivity index (χ2n) is 4.19. The summed E-state index contributed by atoms with van der Waals surface area (Å²) < 4.78 is 5.04. The molecule has 0 radical (unpaired) electrons. The van der Waals surface area contributed by atoms with Crippen molar-refractivity contribution in [3.05, 3.63) is 57.8 Å². The SMILES string of the molecule is CC(NCc1ccc([N+](=O)[O-])o1)c1cccc(O)c1. The number of nitro groups is 1. The van der Waals surface area contributed by atoms with Crippen molar-refractivity contribution < 1.29 is 14.4 Å². The fourth-order valence-corrected chi connectivity index (χ4v) is 1.73. The monoisotopic (exact) mass is 262 g/mol. The second-order valence-corrected chi connectivity index (χ2v) is 4.19. The molecule has 2 aromatic rings. The van der Waals surface area contributed by atoms with Gasteiger partial charge in [0, 0.05) is 6.04 Å². The maximum absolute atomic E-state index is 10.5. The molecule has 0 aliphatic heterocycles. The highest BCUT2D eigenvalue weighted by Gasteiger charge is 2.12. The number of aromatic hydroxyl groups is 1. The van der Waals surface area contributed by atoms with E-state index in [0.717, 1.165) is 5.56 Å². The maximum Gasteiger partial charge on any atom is 0.433 e. The fourth-order valence-electron chi connectivity index (χ4n) is 1.73. The van der Waals surface area contributed by atoms with E-state index < -0.39 is 4.92 Å². The Morgan fingerprint density at radius 1 is 1.42 bits per heavy atom. The number of phenols is 1. The molecule has 1 aromatic heterocycles. The van der Waals surface area contributed by atoms with Crippen LogP contribution in [0.25, 0.3) is 0 Å². The third-order valence-corrected chi connectivity index (χ3v) is 2.78. The number of benzene rings is 1. The molecule has 100 valence electrons. The van der Waals surface area contributed by atoms with Gasteiger partial charge in [-0.15, -0.1) is 0 Å². The summed E-state index contributed by atoms with van der Waals surface area (Å²) in [4.78, 5) is 9.91. The zero-order valence-electron chi connectivity index (χ0n) is 10.4. The second kappa shape index (κ2) is 5.53. The van der Waals surface area contributed by atoms with Crippen LogP contribution in [0, 0.1) is 10.1 Å². The van der Waals surface area contributed by atoms with Gasteiger partial charge in [0.05, 0.1) is 12.6 Å². The molecule has 0 saturated carbocycles. The first-order valence-corrected chi connectivity index (χ1v) is 5.81. The number of hydrogen-bond acceptors (Lipinski definition) is 5. The van der Waals surface area contributed by atoms with Crippen LogP contribution in [-0.2, 0) is 6.54 Å². The summed E-state index contributed by atoms with van der Waals surface area (Å²) in [7, 11) is 0. The van der Waals surface area contributed by atoms with Crippen molar-refractivity contribution >= 4 is 5.88 Å². The van der Waals surface area contributed by atoms with Gasteiger partial charge >= 0.3 is 5.88 Å². The number of phenolic OH excluding ortho intramolecular Hbond substituents is 1. The largest absolute Gasteiger partial charge is 0.508 e. The van der Waals surface area contributed by atoms with Gasteiger partial charge in [0.2, 0.25) is 0 Å². The van der Waals surface area contributed by atoms with Crippen LogP contribution in [-0.4, -0.2) is 10.0 Å². The lowest BCUT2D eigenvalue weighted by molar-refractivity contribution is -0.402. The summed E-state index contributed by atoms with van der Waals surface area (Å²) in [5.74, 6) is 0.445. The van der Waals surface area contributed by atoms with Gasteiger partial charge in [0.25, 0.3) is 0 Å². The first kappa shape index (κ1) is 13.1. The molecular formula is C13H14N2O4. The average molecular weight is 262 g/mol.